The van der Waals surface area contributed by atoms with Crippen LogP contribution in [0, 0.1) is 0 Å². The van der Waals surface area contributed by atoms with E-state index in [9.17, 15) is 5.11 Å². The molecule has 3 N–H and O–H groups in total. The minimum absolute atomic E-state index is 0.100. The number of phenolic OH excluding ortho intramolecular Hbond substituents is 1. The van der Waals surface area contributed by atoms with Crippen molar-refractivity contribution in [2.45, 2.75) is 6.61 Å². The number of rotatable bonds is 3. The lowest BCUT2D eigenvalue weighted by atomic mass is 10.2. The predicted molar refractivity (Wildman–Crippen MR) is 63.3 cm³/mol. The molecule has 0 atom stereocenters. The van der Waals surface area contributed by atoms with Crippen LogP contribution in [0.2, 0.25) is 0 Å². The molecule has 0 aliphatic rings. The van der Waals surface area contributed by atoms with E-state index in [1.807, 2.05) is 30.3 Å². The van der Waals surface area contributed by atoms with Gasteiger partial charge in [-0.05, 0) is 29.8 Å². The van der Waals surface area contributed by atoms with Crippen LogP contribution in [0.25, 0.3) is 0 Å². The number of anilines is 1. The Morgan fingerprint density at radius 2 is 1.81 bits per heavy atom. The third-order valence-electron chi connectivity index (χ3n) is 2.24. The fourth-order valence-corrected chi connectivity index (χ4v) is 1.38. The third-order valence-corrected chi connectivity index (χ3v) is 2.24. The highest BCUT2D eigenvalue weighted by Gasteiger charge is 1.99. The van der Waals surface area contributed by atoms with Gasteiger partial charge in [0.2, 0.25) is 0 Å². The standard InChI is InChI=1S/C13H13NO2/c14-12-8-10(6-7-13(12)15)9-16-11-4-2-1-3-5-11/h1-8,15H,9,14H2. The Balaban J connectivity index is 2.03. The average Bonchev–Trinajstić information content (AvgIpc) is 2.32. The first-order chi connectivity index (χ1) is 7.75. The zero-order chi connectivity index (χ0) is 11.4. The molecule has 0 saturated carbocycles. The van der Waals surface area contributed by atoms with Crippen LogP contribution in [0.3, 0.4) is 0 Å². The summed E-state index contributed by atoms with van der Waals surface area (Å²) in [5.74, 6) is 0.914. The third kappa shape index (κ3) is 2.45. The monoisotopic (exact) mass is 215 g/mol. The van der Waals surface area contributed by atoms with E-state index in [1.54, 1.807) is 18.2 Å². The molecule has 16 heavy (non-hydrogen) atoms. The van der Waals surface area contributed by atoms with Crippen LogP contribution in [0.4, 0.5) is 5.69 Å². The van der Waals surface area contributed by atoms with E-state index in [0.29, 0.717) is 12.3 Å². The minimum atomic E-state index is 0.100. The SMILES string of the molecule is Nc1cc(COc2ccccc2)ccc1O. The van der Waals surface area contributed by atoms with Crippen LogP contribution in [0.5, 0.6) is 11.5 Å². The molecule has 0 unspecified atom stereocenters. The van der Waals surface area contributed by atoms with Crippen molar-refractivity contribution < 1.29 is 9.84 Å². The summed E-state index contributed by atoms with van der Waals surface area (Å²) in [5.41, 5.74) is 6.88. The number of benzene rings is 2. The van der Waals surface area contributed by atoms with Gasteiger partial charge in [0.05, 0.1) is 5.69 Å². The van der Waals surface area contributed by atoms with Gasteiger partial charge < -0.3 is 15.6 Å². The second-order valence-electron chi connectivity index (χ2n) is 3.49. The van der Waals surface area contributed by atoms with Crippen molar-refractivity contribution in [3.8, 4) is 11.5 Å². The van der Waals surface area contributed by atoms with Gasteiger partial charge in [0.25, 0.3) is 0 Å². The van der Waals surface area contributed by atoms with Gasteiger partial charge in [0.15, 0.2) is 0 Å². The van der Waals surface area contributed by atoms with Crippen molar-refractivity contribution in [2.24, 2.45) is 0 Å². The number of hydrogen-bond acceptors (Lipinski definition) is 3. The maximum absolute atomic E-state index is 9.26. The van der Waals surface area contributed by atoms with Crippen molar-refractivity contribution in [1.29, 1.82) is 0 Å². The fourth-order valence-electron chi connectivity index (χ4n) is 1.38. The van der Waals surface area contributed by atoms with Gasteiger partial charge in [-0.3, -0.25) is 0 Å². The molecule has 0 spiro atoms. The van der Waals surface area contributed by atoms with Crippen LogP contribution in [-0.2, 0) is 6.61 Å². The molecule has 3 heteroatoms. The Hall–Kier alpha value is -2.16. The van der Waals surface area contributed by atoms with Gasteiger partial charge >= 0.3 is 0 Å². The minimum Gasteiger partial charge on any atom is -0.506 e. The van der Waals surface area contributed by atoms with E-state index in [2.05, 4.69) is 0 Å². The zero-order valence-electron chi connectivity index (χ0n) is 8.76. The zero-order valence-corrected chi connectivity index (χ0v) is 8.76. The second-order valence-corrected chi connectivity index (χ2v) is 3.49. The lowest BCUT2D eigenvalue weighted by Crippen LogP contribution is -1.96. The molecule has 0 fully saturated rings. The van der Waals surface area contributed by atoms with Crippen molar-refractivity contribution in [1.82, 2.24) is 0 Å². The maximum Gasteiger partial charge on any atom is 0.138 e. The van der Waals surface area contributed by atoms with Gasteiger partial charge in [0.1, 0.15) is 18.1 Å². The van der Waals surface area contributed by atoms with Gasteiger partial charge in [-0.15, -0.1) is 0 Å². The first kappa shape index (κ1) is 10.4. The number of aromatic hydroxyl groups is 1. The maximum atomic E-state index is 9.26. The number of hydrogen-bond donors (Lipinski definition) is 2. The Kier molecular flexibility index (Phi) is 2.96. The fraction of sp³-hybridized carbons (Fsp3) is 0.0769. The summed E-state index contributed by atoms with van der Waals surface area (Å²) in [6.07, 6.45) is 0. The number of nitrogens with two attached hydrogens (primary N) is 1. The molecule has 0 bridgehead atoms. The summed E-state index contributed by atoms with van der Waals surface area (Å²) in [5, 5.41) is 9.26. The Morgan fingerprint density at radius 3 is 2.50 bits per heavy atom. The van der Waals surface area contributed by atoms with Gasteiger partial charge in [-0.2, -0.15) is 0 Å². The smallest absolute Gasteiger partial charge is 0.138 e. The molecule has 0 amide bonds. The van der Waals surface area contributed by atoms with Crippen molar-refractivity contribution in [3.05, 3.63) is 54.1 Å². The van der Waals surface area contributed by atoms with E-state index in [0.717, 1.165) is 11.3 Å². The van der Waals surface area contributed by atoms with E-state index in [1.165, 1.54) is 0 Å². The van der Waals surface area contributed by atoms with E-state index < -0.39 is 0 Å². The Morgan fingerprint density at radius 1 is 1.06 bits per heavy atom. The normalized spacial score (nSPS) is 10.0. The van der Waals surface area contributed by atoms with Crippen molar-refractivity contribution in [2.75, 3.05) is 5.73 Å². The number of nitrogen functional groups attached to an aromatic ring is 1. The Labute approximate surface area is 94.1 Å². The summed E-state index contributed by atoms with van der Waals surface area (Å²) in [6, 6.07) is 14.6. The summed E-state index contributed by atoms with van der Waals surface area (Å²) in [6.45, 7) is 0.439. The van der Waals surface area contributed by atoms with Crippen molar-refractivity contribution >= 4 is 5.69 Å². The van der Waals surface area contributed by atoms with E-state index in [4.69, 9.17) is 10.5 Å². The van der Waals surface area contributed by atoms with Crippen LogP contribution >= 0.6 is 0 Å². The van der Waals surface area contributed by atoms with E-state index >= 15 is 0 Å². The number of para-hydroxylation sites is 1. The largest absolute Gasteiger partial charge is 0.506 e. The van der Waals surface area contributed by atoms with Gasteiger partial charge in [-0.25, -0.2) is 0 Å². The van der Waals surface area contributed by atoms with Crippen LogP contribution in [-0.4, -0.2) is 5.11 Å². The lowest BCUT2D eigenvalue weighted by molar-refractivity contribution is 0.306. The van der Waals surface area contributed by atoms with Crippen LogP contribution in [0.15, 0.2) is 48.5 Å². The molecular formula is C13H13NO2. The topological polar surface area (TPSA) is 55.5 Å². The number of ether oxygens (including phenoxy) is 1. The molecule has 82 valence electrons. The summed E-state index contributed by atoms with van der Waals surface area (Å²) in [7, 11) is 0. The quantitative estimate of drug-likeness (QED) is 0.611. The second kappa shape index (κ2) is 4.57. The molecule has 0 aliphatic heterocycles. The average molecular weight is 215 g/mol. The van der Waals surface area contributed by atoms with Gasteiger partial charge in [0, 0.05) is 0 Å². The van der Waals surface area contributed by atoms with Gasteiger partial charge in [-0.1, -0.05) is 24.3 Å². The molecule has 0 aromatic heterocycles. The molecule has 0 heterocycles. The molecule has 2 rings (SSSR count). The first-order valence-corrected chi connectivity index (χ1v) is 5.01. The predicted octanol–water partition coefficient (Wildman–Crippen LogP) is 2.55. The summed E-state index contributed by atoms with van der Waals surface area (Å²) in [4.78, 5) is 0. The van der Waals surface area contributed by atoms with E-state index in [-0.39, 0.29) is 5.75 Å². The van der Waals surface area contributed by atoms with Crippen LogP contribution < -0.4 is 10.5 Å². The molecule has 0 aliphatic carbocycles. The lowest BCUT2D eigenvalue weighted by Gasteiger charge is -2.07. The van der Waals surface area contributed by atoms with Crippen LogP contribution in [0.1, 0.15) is 5.56 Å². The molecule has 0 saturated heterocycles. The molecular weight excluding hydrogens is 202 g/mol. The summed E-state index contributed by atoms with van der Waals surface area (Å²) >= 11 is 0. The summed E-state index contributed by atoms with van der Waals surface area (Å²) < 4.78 is 5.55. The Bertz CT molecular complexity index is 469. The molecule has 2 aromatic rings. The molecule has 0 radical (unpaired) electrons. The number of phenols is 1. The highest BCUT2D eigenvalue weighted by molar-refractivity contribution is 5.53. The molecule has 2 aromatic carbocycles. The molecule has 3 nitrogen and oxygen atoms in total. The first-order valence-electron chi connectivity index (χ1n) is 5.01. The highest BCUT2D eigenvalue weighted by atomic mass is 16.5. The van der Waals surface area contributed by atoms with Crippen molar-refractivity contribution in [3.63, 3.8) is 0 Å². The highest BCUT2D eigenvalue weighted by Crippen LogP contribution is 2.21.